The largest absolute Gasteiger partial charge is 0.507 e. The van der Waals surface area contributed by atoms with Crippen LogP contribution in [0.4, 0.5) is 18.9 Å². The van der Waals surface area contributed by atoms with Gasteiger partial charge in [0.2, 0.25) is 0 Å². The molecule has 0 bridgehead atoms. The summed E-state index contributed by atoms with van der Waals surface area (Å²) < 4.78 is 38.5. The quantitative estimate of drug-likeness (QED) is 0.670. The van der Waals surface area contributed by atoms with Crippen LogP contribution >= 0.6 is 11.8 Å². The summed E-state index contributed by atoms with van der Waals surface area (Å²) in [7, 11) is 0. The van der Waals surface area contributed by atoms with Gasteiger partial charge in [-0.3, -0.25) is 10.1 Å². The van der Waals surface area contributed by atoms with E-state index in [9.17, 15) is 28.4 Å². The number of halogens is 3. The number of nitro groups is 1. The van der Waals surface area contributed by atoms with Crippen LogP contribution in [-0.2, 0) is 6.18 Å². The maximum atomic E-state index is 12.8. The first-order valence-corrected chi connectivity index (χ1v) is 6.42. The van der Waals surface area contributed by atoms with Crippen molar-refractivity contribution < 1.29 is 23.2 Å². The zero-order valence-electron chi connectivity index (χ0n) is 10.3. The van der Waals surface area contributed by atoms with E-state index in [0.29, 0.717) is 11.0 Å². The summed E-state index contributed by atoms with van der Waals surface area (Å²) in [4.78, 5) is 10.1. The monoisotopic (exact) mass is 315 g/mol. The van der Waals surface area contributed by atoms with Crippen molar-refractivity contribution in [1.29, 1.82) is 0 Å². The lowest BCUT2D eigenvalue weighted by molar-refractivity contribution is -0.388. The molecule has 0 heterocycles. The fourth-order valence-corrected chi connectivity index (χ4v) is 2.52. The minimum absolute atomic E-state index is 0.0746. The number of alkyl halides is 3. The number of para-hydroxylation sites is 1. The van der Waals surface area contributed by atoms with Crippen molar-refractivity contribution in [2.75, 3.05) is 0 Å². The Kier molecular flexibility index (Phi) is 4.08. The second-order valence-corrected chi connectivity index (χ2v) is 5.12. The molecule has 2 aromatic rings. The van der Waals surface area contributed by atoms with E-state index in [2.05, 4.69) is 0 Å². The van der Waals surface area contributed by atoms with Crippen molar-refractivity contribution in [3.05, 3.63) is 58.1 Å². The van der Waals surface area contributed by atoms with E-state index in [1.54, 1.807) is 12.1 Å². The van der Waals surface area contributed by atoms with Crippen LogP contribution in [0.25, 0.3) is 0 Å². The van der Waals surface area contributed by atoms with E-state index < -0.39 is 22.4 Å². The number of nitro benzene ring substituents is 1. The Morgan fingerprint density at radius 1 is 1.14 bits per heavy atom. The molecule has 0 aliphatic rings. The molecule has 2 aromatic carbocycles. The van der Waals surface area contributed by atoms with Crippen LogP contribution in [0.2, 0.25) is 0 Å². The smallest absolute Gasteiger partial charge is 0.423 e. The third-order valence-electron chi connectivity index (χ3n) is 2.56. The van der Waals surface area contributed by atoms with Crippen molar-refractivity contribution in [2.45, 2.75) is 16.0 Å². The van der Waals surface area contributed by atoms with E-state index in [-0.39, 0.29) is 10.6 Å². The Balaban J connectivity index is 2.43. The summed E-state index contributed by atoms with van der Waals surface area (Å²) in [6.07, 6.45) is -4.82. The average molecular weight is 315 g/mol. The highest BCUT2D eigenvalue weighted by molar-refractivity contribution is 7.99. The zero-order valence-corrected chi connectivity index (χ0v) is 11.1. The molecule has 0 aromatic heterocycles. The van der Waals surface area contributed by atoms with Gasteiger partial charge in [-0.2, -0.15) is 13.2 Å². The van der Waals surface area contributed by atoms with Crippen LogP contribution in [-0.4, -0.2) is 10.0 Å². The predicted octanol–water partition coefficient (Wildman–Crippen LogP) is 4.47. The van der Waals surface area contributed by atoms with Gasteiger partial charge in [-0.05, 0) is 24.3 Å². The first kappa shape index (κ1) is 15.2. The highest BCUT2D eigenvalue weighted by atomic mass is 32.2. The number of aromatic hydroxyl groups is 1. The Hall–Kier alpha value is -2.22. The molecular weight excluding hydrogens is 307 g/mol. The van der Waals surface area contributed by atoms with Gasteiger partial charge < -0.3 is 5.11 Å². The van der Waals surface area contributed by atoms with Gasteiger partial charge in [0.05, 0.1) is 9.82 Å². The molecule has 0 unspecified atom stereocenters. The summed E-state index contributed by atoms with van der Waals surface area (Å²) >= 11 is 0.892. The maximum absolute atomic E-state index is 12.8. The predicted molar refractivity (Wildman–Crippen MR) is 70.3 cm³/mol. The van der Waals surface area contributed by atoms with E-state index in [1.165, 1.54) is 18.2 Å². The van der Waals surface area contributed by atoms with Gasteiger partial charge in [-0.15, -0.1) is 0 Å². The van der Waals surface area contributed by atoms with Crippen LogP contribution < -0.4 is 0 Å². The molecule has 0 atom stereocenters. The molecule has 0 saturated carbocycles. The molecule has 0 radical (unpaired) electrons. The number of hydrogen-bond acceptors (Lipinski definition) is 4. The number of nitrogens with zero attached hydrogens (tertiary/aromatic N) is 1. The summed E-state index contributed by atoms with van der Waals surface area (Å²) in [6, 6.07) is 8.87. The van der Waals surface area contributed by atoms with Crippen molar-refractivity contribution in [1.82, 2.24) is 0 Å². The van der Waals surface area contributed by atoms with Crippen molar-refractivity contribution in [3.8, 4) is 5.75 Å². The SMILES string of the molecule is O=[N+]([O-])c1ccc(Sc2ccccc2O)cc1C(F)(F)F. The summed E-state index contributed by atoms with van der Waals surface area (Å²) in [6.45, 7) is 0. The molecule has 0 fully saturated rings. The maximum Gasteiger partial charge on any atom is 0.423 e. The number of rotatable bonds is 3. The molecule has 4 nitrogen and oxygen atoms in total. The normalized spacial score (nSPS) is 11.4. The Bertz CT molecular complexity index is 689. The number of hydrogen-bond donors (Lipinski definition) is 1. The van der Waals surface area contributed by atoms with Crippen LogP contribution in [0, 0.1) is 10.1 Å². The lowest BCUT2D eigenvalue weighted by Gasteiger charge is -2.10. The molecule has 2 rings (SSSR count). The van der Waals surface area contributed by atoms with Crippen LogP contribution in [0.3, 0.4) is 0 Å². The minimum Gasteiger partial charge on any atom is -0.507 e. The highest BCUT2D eigenvalue weighted by Crippen LogP contribution is 2.41. The van der Waals surface area contributed by atoms with Gasteiger partial charge in [0, 0.05) is 11.0 Å². The van der Waals surface area contributed by atoms with Gasteiger partial charge in [-0.1, -0.05) is 23.9 Å². The molecule has 8 heteroatoms. The van der Waals surface area contributed by atoms with E-state index >= 15 is 0 Å². The highest BCUT2D eigenvalue weighted by Gasteiger charge is 2.38. The molecule has 0 aliphatic carbocycles. The number of phenolic OH excluding ortho intramolecular Hbond substituents is 1. The van der Waals surface area contributed by atoms with Gasteiger partial charge >= 0.3 is 6.18 Å². The van der Waals surface area contributed by atoms with Gasteiger partial charge in [0.1, 0.15) is 11.3 Å². The summed E-state index contributed by atoms with van der Waals surface area (Å²) in [5, 5.41) is 20.2. The van der Waals surface area contributed by atoms with Gasteiger partial charge in [-0.25, -0.2) is 0 Å². The second-order valence-electron chi connectivity index (χ2n) is 4.00. The minimum atomic E-state index is -4.82. The zero-order chi connectivity index (χ0) is 15.6. The van der Waals surface area contributed by atoms with Gasteiger partial charge in [0.15, 0.2) is 0 Å². The third-order valence-corrected chi connectivity index (χ3v) is 3.62. The molecular formula is C13H8F3NO3S. The first-order valence-electron chi connectivity index (χ1n) is 5.60. The van der Waals surface area contributed by atoms with Crippen molar-refractivity contribution in [2.24, 2.45) is 0 Å². The van der Waals surface area contributed by atoms with E-state index in [1.807, 2.05) is 0 Å². The Morgan fingerprint density at radius 2 is 1.81 bits per heavy atom. The molecule has 1 N–H and O–H groups in total. The molecule has 0 aliphatic heterocycles. The standard InChI is InChI=1S/C13H8F3NO3S/c14-13(15,16)9-7-8(5-6-10(9)17(19)20)21-12-4-2-1-3-11(12)18/h1-7,18H. The van der Waals surface area contributed by atoms with Crippen molar-refractivity contribution >= 4 is 17.4 Å². The topological polar surface area (TPSA) is 63.4 Å². The van der Waals surface area contributed by atoms with Crippen LogP contribution in [0.1, 0.15) is 5.56 Å². The Morgan fingerprint density at radius 3 is 2.38 bits per heavy atom. The first-order chi connectivity index (χ1) is 9.79. The summed E-state index contributed by atoms with van der Waals surface area (Å²) in [5.41, 5.74) is -2.31. The molecule has 110 valence electrons. The van der Waals surface area contributed by atoms with E-state index in [0.717, 1.165) is 17.8 Å². The third kappa shape index (κ3) is 3.46. The number of phenols is 1. The fourth-order valence-electron chi connectivity index (χ4n) is 1.64. The van der Waals surface area contributed by atoms with Crippen molar-refractivity contribution in [3.63, 3.8) is 0 Å². The fraction of sp³-hybridized carbons (Fsp3) is 0.0769. The van der Waals surface area contributed by atoms with E-state index in [4.69, 9.17) is 0 Å². The molecule has 0 amide bonds. The van der Waals surface area contributed by atoms with Crippen LogP contribution in [0.5, 0.6) is 5.75 Å². The lowest BCUT2D eigenvalue weighted by Crippen LogP contribution is -2.08. The molecule has 0 saturated heterocycles. The molecule has 21 heavy (non-hydrogen) atoms. The second kappa shape index (κ2) is 5.65. The average Bonchev–Trinajstić information content (AvgIpc) is 2.40. The van der Waals surface area contributed by atoms with Gasteiger partial charge in [0.25, 0.3) is 5.69 Å². The number of benzene rings is 2. The lowest BCUT2D eigenvalue weighted by atomic mass is 10.2. The van der Waals surface area contributed by atoms with Crippen LogP contribution in [0.15, 0.2) is 52.3 Å². The molecule has 0 spiro atoms. The summed E-state index contributed by atoms with van der Waals surface area (Å²) in [5.74, 6) is -0.0746. The Labute approximate surface area is 121 Å².